The standard InChI is InChI=1S/C12H15N3O/c13-10-4-1-5-15-11(10)7-14-12(15)9-3-2-6-16-8-9/h1,4-5,7,9H,2-3,6,8,13H2. The van der Waals surface area contributed by atoms with Gasteiger partial charge in [0.15, 0.2) is 0 Å². The lowest BCUT2D eigenvalue weighted by molar-refractivity contribution is 0.0779. The second-order valence-electron chi connectivity index (χ2n) is 4.25. The summed E-state index contributed by atoms with van der Waals surface area (Å²) in [6.07, 6.45) is 6.12. The first-order valence-corrected chi connectivity index (χ1v) is 5.65. The first-order chi connectivity index (χ1) is 7.86. The summed E-state index contributed by atoms with van der Waals surface area (Å²) in [7, 11) is 0. The van der Waals surface area contributed by atoms with E-state index >= 15 is 0 Å². The van der Waals surface area contributed by atoms with Gasteiger partial charge in [-0.1, -0.05) is 0 Å². The molecule has 2 aromatic heterocycles. The van der Waals surface area contributed by atoms with Crippen LogP contribution in [-0.4, -0.2) is 22.6 Å². The third-order valence-electron chi connectivity index (χ3n) is 3.16. The molecule has 3 heterocycles. The van der Waals surface area contributed by atoms with E-state index < -0.39 is 0 Å². The Morgan fingerprint density at radius 3 is 3.25 bits per heavy atom. The van der Waals surface area contributed by atoms with Crippen molar-refractivity contribution in [3.63, 3.8) is 0 Å². The van der Waals surface area contributed by atoms with Crippen molar-refractivity contribution >= 4 is 11.2 Å². The number of rotatable bonds is 1. The molecule has 0 amide bonds. The van der Waals surface area contributed by atoms with E-state index in [0.29, 0.717) is 5.92 Å². The molecule has 2 N–H and O–H groups in total. The highest BCUT2D eigenvalue weighted by Gasteiger charge is 2.20. The molecular formula is C12H15N3O. The Bertz CT molecular complexity index is 500. The van der Waals surface area contributed by atoms with E-state index in [0.717, 1.165) is 43.1 Å². The summed E-state index contributed by atoms with van der Waals surface area (Å²) in [6, 6.07) is 3.86. The van der Waals surface area contributed by atoms with E-state index in [4.69, 9.17) is 10.5 Å². The van der Waals surface area contributed by atoms with Crippen molar-refractivity contribution in [3.05, 3.63) is 30.4 Å². The highest BCUT2D eigenvalue weighted by atomic mass is 16.5. The van der Waals surface area contributed by atoms with E-state index in [-0.39, 0.29) is 0 Å². The van der Waals surface area contributed by atoms with E-state index in [9.17, 15) is 0 Å². The molecule has 0 bridgehead atoms. The molecule has 4 nitrogen and oxygen atoms in total. The fourth-order valence-electron chi connectivity index (χ4n) is 2.31. The zero-order chi connectivity index (χ0) is 11.0. The molecule has 4 heteroatoms. The summed E-state index contributed by atoms with van der Waals surface area (Å²) in [5.41, 5.74) is 7.67. The number of anilines is 1. The molecular weight excluding hydrogens is 202 g/mol. The number of nitrogens with two attached hydrogens (primary N) is 1. The van der Waals surface area contributed by atoms with Crippen molar-refractivity contribution in [1.82, 2.24) is 9.38 Å². The summed E-state index contributed by atoms with van der Waals surface area (Å²) in [5.74, 6) is 1.47. The van der Waals surface area contributed by atoms with Crippen molar-refractivity contribution in [2.75, 3.05) is 18.9 Å². The van der Waals surface area contributed by atoms with Gasteiger partial charge in [0, 0.05) is 18.7 Å². The van der Waals surface area contributed by atoms with Crippen LogP contribution in [0.3, 0.4) is 0 Å². The van der Waals surface area contributed by atoms with Crippen LogP contribution in [0.15, 0.2) is 24.5 Å². The minimum absolute atomic E-state index is 0.401. The summed E-state index contributed by atoms with van der Waals surface area (Å²) in [5, 5.41) is 0. The number of pyridine rings is 1. The molecule has 16 heavy (non-hydrogen) atoms. The Labute approximate surface area is 94.0 Å². The monoisotopic (exact) mass is 217 g/mol. The summed E-state index contributed by atoms with van der Waals surface area (Å²) >= 11 is 0. The third kappa shape index (κ3) is 1.46. The van der Waals surface area contributed by atoms with Crippen molar-refractivity contribution in [1.29, 1.82) is 0 Å². The van der Waals surface area contributed by atoms with Crippen molar-refractivity contribution < 1.29 is 4.74 Å². The fraction of sp³-hybridized carbons (Fsp3) is 0.417. The van der Waals surface area contributed by atoms with Crippen molar-refractivity contribution in [2.24, 2.45) is 0 Å². The topological polar surface area (TPSA) is 52.5 Å². The minimum atomic E-state index is 0.401. The predicted molar refractivity (Wildman–Crippen MR) is 62.4 cm³/mol. The van der Waals surface area contributed by atoms with Gasteiger partial charge in [0.25, 0.3) is 0 Å². The van der Waals surface area contributed by atoms with Crippen LogP contribution in [0.5, 0.6) is 0 Å². The van der Waals surface area contributed by atoms with Crippen LogP contribution in [0.1, 0.15) is 24.6 Å². The van der Waals surface area contributed by atoms with Gasteiger partial charge in [-0.15, -0.1) is 0 Å². The Balaban J connectivity index is 2.06. The fourth-order valence-corrected chi connectivity index (χ4v) is 2.31. The van der Waals surface area contributed by atoms with Crippen LogP contribution in [0.2, 0.25) is 0 Å². The number of ether oxygens (including phenoxy) is 1. The van der Waals surface area contributed by atoms with Crippen LogP contribution in [0, 0.1) is 0 Å². The molecule has 0 aromatic carbocycles. The number of aromatic nitrogens is 2. The van der Waals surface area contributed by atoms with Gasteiger partial charge in [-0.05, 0) is 25.0 Å². The van der Waals surface area contributed by atoms with Gasteiger partial charge >= 0.3 is 0 Å². The van der Waals surface area contributed by atoms with Gasteiger partial charge in [-0.25, -0.2) is 4.98 Å². The molecule has 0 aliphatic carbocycles. The first kappa shape index (κ1) is 9.66. The molecule has 0 saturated carbocycles. The lowest BCUT2D eigenvalue weighted by atomic mass is 10.0. The molecule has 0 spiro atoms. The van der Waals surface area contributed by atoms with E-state index in [1.54, 1.807) is 0 Å². The number of nitrogens with zero attached hydrogens (tertiary/aromatic N) is 2. The smallest absolute Gasteiger partial charge is 0.118 e. The highest BCUT2D eigenvalue weighted by Crippen LogP contribution is 2.26. The Hall–Kier alpha value is -1.55. The first-order valence-electron chi connectivity index (χ1n) is 5.65. The maximum atomic E-state index is 5.91. The minimum Gasteiger partial charge on any atom is -0.397 e. The highest BCUT2D eigenvalue weighted by molar-refractivity contribution is 5.68. The average Bonchev–Trinajstić information content (AvgIpc) is 2.75. The Morgan fingerprint density at radius 1 is 1.50 bits per heavy atom. The molecule has 84 valence electrons. The number of nitrogen functional groups attached to an aromatic ring is 1. The summed E-state index contributed by atoms with van der Waals surface area (Å²) < 4.78 is 7.58. The van der Waals surface area contributed by atoms with Gasteiger partial charge in [-0.2, -0.15) is 0 Å². The van der Waals surface area contributed by atoms with Crippen LogP contribution in [0.4, 0.5) is 5.69 Å². The number of fused-ring (bicyclic) bond motifs is 1. The molecule has 1 aliphatic heterocycles. The van der Waals surface area contributed by atoms with Crippen molar-refractivity contribution in [2.45, 2.75) is 18.8 Å². The second-order valence-corrected chi connectivity index (χ2v) is 4.25. The molecule has 0 radical (unpaired) electrons. The van der Waals surface area contributed by atoms with E-state index in [2.05, 4.69) is 9.38 Å². The van der Waals surface area contributed by atoms with Crippen LogP contribution in [0.25, 0.3) is 5.52 Å². The van der Waals surface area contributed by atoms with Gasteiger partial charge in [0.05, 0.1) is 24.0 Å². The lowest BCUT2D eigenvalue weighted by Crippen LogP contribution is -2.17. The molecule has 1 unspecified atom stereocenters. The number of hydrogen-bond acceptors (Lipinski definition) is 3. The Kier molecular flexibility index (Phi) is 2.29. The van der Waals surface area contributed by atoms with Crippen molar-refractivity contribution in [3.8, 4) is 0 Å². The second kappa shape index (κ2) is 3.79. The SMILES string of the molecule is Nc1cccn2c(C3CCCOC3)ncc12. The van der Waals surface area contributed by atoms with Gasteiger partial charge in [0.2, 0.25) is 0 Å². The number of imidazole rings is 1. The normalized spacial score (nSPS) is 21.4. The molecule has 1 aliphatic rings. The zero-order valence-electron chi connectivity index (χ0n) is 9.10. The maximum absolute atomic E-state index is 5.91. The summed E-state index contributed by atoms with van der Waals surface area (Å²) in [6.45, 7) is 1.65. The lowest BCUT2D eigenvalue weighted by Gasteiger charge is -2.21. The van der Waals surface area contributed by atoms with Gasteiger partial charge in [0.1, 0.15) is 5.82 Å². The van der Waals surface area contributed by atoms with Crippen LogP contribution < -0.4 is 5.73 Å². The maximum Gasteiger partial charge on any atom is 0.118 e. The predicted octanol–water partition coefficient (Wildman–Crippen LogP) is 1.81. The molecule has 1 saturated heterocycles. The summed E-state index contributed by atoms with van der Waals surface area (Å²) in [4.78, 5) is 4.48. The van der Waals surface area contributed by atoms with E-state index in [1.807, 2.05) is 24.5 Å². The largest absolute Gasteiger partial charge is 0.397 e. The molecule has 2 aromatic rings. The average molecular weight is 217 g/mol. The molecule has 1 fully saturated rings. The van der Waals surface area contributed by atoms with E-state index in [1.165, 1.54) is 0 Å². The van der Waals surface area contributed by atoms with Gasteiger partial charge < -0.3 is 14.9 Å². The molecule has 3 rings (SSSR count). The van der Waals surface area contributed by atoms with Crippen LogP contribution in [-0.2, 0) is 4.74 Å². The quantitative estimate of drug-likeness (QED) is 0.792. The Morgan fingerprint density at radius 2 is 2.44 bits per heavy atom. The number of hydrogen-bond donors (Lipinski definition) is 1. The van der Waals surface area contributed by atoms with Gasteiger partial charge in [-0.3, -0.25) is 0 Å². The van der Waals surface area contributed by atoms with Crippen LogP contribution >= 0.6 is 0 Å². The third-order valence-corrected chi connectivity index (χ3v) is 3.16. The molecule has 1 atom stereocenters. The zero-order valence-corrected chi connectivity index (χ0v) is 9.10.